The molecule has 0 saturated heterocycles. The van der Waals surface area contributed by atoms with E-state index in [1.807, 2.05) is 6.08 Å². The molecule has 3 rings (SSSR count). The fourth-order valence-electron chi connectivity index (χ4n) is 2.58. The predicted octanol–water partition coefficient (Wildman–Crippen LogP) is 2.93. The van der Waals surface area contributed by atoms with Gasteiger partial charge in [0.05, 0.1) is 6.21 Å². The van der Waals surface area contributed by atoms with Crippen LogP contribution in [0, 0.1) is 0 Å². The lowest BCUT2D eigenvalue weighted by molar-refractivity contribution is 0.316. The Kier molecular flexibility index (Phi) is 4.52. The summed E-state index contributed by atoms with van der Waals surface area (Å²) in [5.41, 5.74) is 2.86. The van der Waals surface area contributed by atoms with E-state index in [-0.39, 0.29) is 11.5 Å². The molecule has 0 fully saturated rings. The summed E-state index contributed by atoms with van der Waals surface area (Å²) in [4.78, 5) is 3.97. The lowest BCUT2D eigenvalue weighted by Crippen LogP contribution is -2.32. The van der Waals surface area contributed by atoms with Gasteiger partial charge in [-0.05, 0) is 35.9 Å². The van der Waals surface area contributed by atoms with Crippen molar-refractivity contribution in [2.24, 2.45) is 15.9 Å². The molecular weight excluding hydrogens is 318 g/mol. The standard InChI is InChI=1S/C19H17N3O3/c1-2-21-11-17(22-20)19-16(12-3-6-14(23)7-4-12)9-13-5-8-15(24)10-18(13)25-19/h2-11,19,23-24H,1,20H2/b21-11?,22-17+. The first-order chi connectivity index (χ1) is 12.1. The fraction of sp³-hybridized carbons (Fsp3) is 0.0526. The van der Waals surface area contributed by atoms with Gasteiger partial charge in [-0.15, -0.1) is 0 Å². The molecule has 0 aliphatic carbocycles. The van der Waals surface area contributed by atoms with Crippen LogP contribution in [-0.4, -0.2) is 28.2 Å². The summed E-state index contributed by atoms with van der Waals surface area (Å²) < 4.78 is 6.03. The van der Waals surface area contributed by atoms with Crippen LogP contribution < -0.4 is 10.6 Å². The van der Waals surface area contributed by atoms with Crippen LogP contribution in [0.25, 0.3) is 11.6 Å². The number of hydrogen-bond donors (Lipinski definition) is 3. The second-order valence-corrected chi connectivity index (χ2v) is 5.38. The van der Waals surface area contributed by atoms with Crippen molar-refractivity contribution < 1.29 is 14.9 Å². The van der Waals surface area contributed by atoms with E-state index in [4.69, 9.17) is 10.6 Å². The zero-order valence-corrected chi connectivity index (χ0v) is 13.3. The molecule has 1 atom stereocenters. The Hall–Kier alpha value is -3.54. The van der Waals surface area contributed by atoms with Gasteiger partial charge in [0.2, 0.25) is 0 Å². The zero-order valence-electron chi connectivity index (χ0n) is 13.3. The summed E-state index contributed by atoms with van der Waals surface area (Å²) in [6.45, 7) is 3.54. The van der Waals surface area contributed by atoms with Gasteiger partial charge in [-0.3, -0.25) is 4.99 Å². The van der Waals surface area contributed by atoms with Crippen molar-refractivity contribution in [1.29, 1.82) is 0 Å². The minimum Gasteiger partial charge on any atom is -0.508 e. The van der Waals surface area contributed by atoms with E-state index in [1.165, 1.54) is 18.5 Å². The van der Waals surface area contributed by atoms with E-state index in [0.29, 0.717) is 11.5 Å². The molecule has 0 saturated carbocycles. The quantitative estimate of drug-likeness (QED) is 0.454. The molecule has 1 heterocycles. The number of benzene rings is 2. The van der Waals surface area contributed by atoms with Crippen molar-refractivity contribution in [2.75, 3.05) is 0 Å². The van der Waals surface area contributed by atoms with Gasteiger partial charge in [-0.1, -0.05) is 18.7 Å². The molecule has 4 N–H and O–H groups in total. The molecule has 0 aromatic heterocycles. The normalized spacial score (nSPS) is 16.9. The molecule has 1 aliphatic rings. The number of phenolic OH excluding ortho intramolecular Hbond substituents is 2. The van der Waals surface area contributed by atoms with Crippen LogP contribution in [0.15, 0.2) is 65.3 Å². The smallest absolute Gasteiger partial charge is 0.170 e. The summed E-state index contributed by atoms with van der Waals surface area (Å²) in [5, 5.41) is 23.0. The molecule has 0 spiro atoms. The van der Waals surface area contributed by atoms with Gasteiger partial charge < -0.3 is 20.8 Å². The summed E-state index contributed by atoms with van der Waals surface area (Å²) in [6.07, 6.45) is 4.16. The number of ether oxygens (including phenoxy) is 1. The maximum Gasteiger partial charge on any atom is 0.170 e. The summed E-state index contributed by atoms with van der Waals surface area (Å²) in [5.74, 6) is 6.31. The van der Waals surface area contributed by atoms with Crippen LogP contribution in [0.5, 0.6) is 17.2 Å². The third-order valence-electron chi connectivity index (χ3n) is 3.77. The Morgan fingerprint density at radius 3 is 2.52 bits per heavy atom. The van der Waals surface area contributed by atoms with Gasteiger partial charge in [0.15, 0.2) is 6.10 Å². The van der Waals surface area contributed by atoms with Crippen LogP contribution in [0.3, 0.4) is 0 Å². The van der Waals surface area contributed by atoms with Crippen LogP contribution in [-0.2, 0) is 0 Å². The molecular formula is C19H17N3O3. The lowest BCUT2D eigenvalue weighted by atomic mass is 9.92. The number of hydrogen-bond acceptors (Lipinski definition) is 6. The van der Waals surface area contributed by atoms with Crippen LogP contribution in [0.1, 0.15) is 11.1 Å². The minimum absolute atomic E-state index is 0.102. The van der Waals surface area contributed by atoms with Crippen molar-refractivity contribution in [3.8, 4) is 17.2 Å². The molecule has 0 bridgehead atoms. The van der Waals surface area contributed by atoms with Gasteiger partial charge in [0, 0.05) is 23.4 Å². The first kappa shape index (κ1) is 16.3. The van der Waals surface area contributed by atoms with Gasteiger partial charge in [-0.2, -0.15) is 5.10 Å². The van der Waals surface area contributed by atoms with Crippen LogP contribution in [0.4, 0.5) is 0 Å². The molecule has 2 aromatic carbocycles. The molecule has 2 aromatic rings. The van der Waals surface area contributed by atoms with E-state index in [0.717, 1.165) is 16.7 Å². The maximum atomic E-state index is 9.70. The fourth-order valence-corrected chi connectivity index (χ4v) is 2.58. The highest BCUT2D eigenvalue weighted by Gasteiger charge is 2.28. The number of nitrogens with zero attached hydrogens (tertiary/aromatic N) is 2. The topological polar surface area (TPSA) is 100 Å². The monoisotopic (exact) mass is 335 g/mol. The number of aromatic hydroxyl groups is 2. The number of nitrogens with two attached hydrogens (primary N) is 1. The maximum absolute atomic E-state index is 9.70. The first-order valence-corrected chi connectivity index (χ1v) is 7.55. The second kappa shape index (κ2) is 6.92. The third-order valence-corrected chi connectivity index (χ3v) is 3.77. The summed E-state index contributed by atoms with van der Waals surface area (Å²) in [6, 6.07) is 11.6. The predicted molar refractivity (Wildman–Crippen MR) is 98.8 cm³/mol. The highest BCUT2D eigenvalue weighted by atomic mass is 16.5. The molecule has 6 heteroatoms. The van der Waals surface area contributed by atoms with Crippen molar-refractivity contribution in [3.05, 3.63) is 66.4 Å². The molecule has 1 aliphatic heterocycles. The highest BCUT2D eigenvalue weighted by Crippen LogP contribution is 2.37. The van der Waals surface area contributed by atoms with Crippen molar-refractivity contribution in [1.82, 2.24) is 0 Å². The van der Waals surface area contributed by atoms with E-state index >= 15 is 0 Å². The Balaban J connectivity index is 2.13. The number of rotatable bonds is 4. The van der Waals surface area contributed by atoms with E-state index in [1.54, 1.807) is 36.4 Å². The molecule has 6 nitrogen and oxygen atoms in total. The largest absolute Gasteiger partial charge is 0.508 e. The van der Waals surface area contributed by atoms with Crippen molar-refractivity contribution >= 4 is 23.6 Å². The number of hydrazone groups is 1. The van der Waals surface area contributed by atoms with Gasteiger partial charge >= 0.3 is 0 Å². The van der Waals surface area contributed by atoms with Crippen molar-refractivity contribution in [2.45, 2.75) is 6.10 Å². The van der Waals surface area contributed by atoms with Gasteiger partial charge in [-0.25, -0.2) is 0 Å². The Labute approximate surface area is 144 Å². The average Bonchev–Trinajstić information content (AvgIpc) is 2.62. The number of phenols is 2. The van der Waals surface area contributed by atoms with Crippen molar-refractivity contribution in [3.63, 3.8) is 0 Å². The van der Waals surface area contributed by atoms with Gasteiger partial charge in [0.1, 0.15) is 23.0 Å². The van der Waals surface area contributed by atoms with E-state index < -0.39 is 6.10 Å². The molecule has 1 unspecified atom stereocenters. The molecule has 0 amide bonds. The lowest BCUT2D eigenvalue weighted by Gasteiger charge is -2.27. The zero-order chi connectivity index (χ0) is 17.8. The first-order valence-electron chi connectivity index (χ1n) is 7.55. The van der Waals surface area contributed by atoms with Crippen LogP contribution in [0.2, 0.25) is 0 Å². The molecule has 25 heavy (non-hydrogen) atoms. The number of aliphatic imine (C=N–C) groups is 1. The summed E-state index contributed by atoms with van der Waals surface area (Å²) >= 11 is 0. The van der Waals surface area contributed by atoms with Gasteiger partial charge in [0.25, 0.3) is 0 Å². The number of fused-ring (bicyclic) bond motifs is 1. The third kappa shape index (κ3) is 3.37. The van der Waals surface area contributed by atoms with Crippen LogP contribution >= 0.6 is 0 Å². The second-order valence-electron chi connectivity index (χ2n) is 5.38. The Morgan fingerprint density at radius 1 is 1.12 bits per heavy atom. The minimum atomic E-state index is -0.618. The Morgan fingerprint density at radius 2 is 1.84 bits per heavy atom. The average molecular weight is 335 g/mol. The Bertz CT molecular complexity index is 883. The van der Waals surface area contributed by atoms with E-state index in [2.05, 4.69) is 16.7 Å². The van der Waals surface area contributed by atoms with E-state index in [9.17, 15) is 10.2 Å². The SMILES string of the molecule is C=CN=C/C(=N\N)C1Oc2cc(O)ccc2C=C1c1ccc(O)cc1. The molecule has 126 valence electrons. The molecule has 0 radical (unpaired) electrons. The summed E-state index contributed by atoms with van der Waals surface area (Å²) in [7, 11) is 0. The highest BCUT2D eigenvalue weighted by molar-refractivity contribution is 6.36.